The smallest absolute Gasteiger partial charge is 0.271 e. The topological polar surface area (TPSA) is 130 Å². The number of anilines is 1. The molecule has 0 unspecified atom stereocenters. The molecule has 2 aromatic rings. The number of hydrogen-bond acceptors (Lipinski definition) is 6. The van der Waals surface area contributed by atoms with Crippen LogP contribution in [0.4, 0.5) is 11.4 Å². The molecule has 0 aromatic heterocycles. The summed E-state index contributed by atoms with van der Waals surface area (Å²) in [6.45, 7) is 6.18. The summed E-state index contributed by atoms with van der Waals surface area (Å²) in [7, 11) is -4.02. The van der Waals surface area contributed by atoms with E-state index in [1.165, 1.54) is 17.0 Å². The lowest BCUT2D eigenvalue weighted by atomic mass is 10.1. The fourth-order valence-corrected chi connectivity index (χ4v) is 4.53. The average Bonchev–Trinajstić information content (AvgIpc) is 2.80. The Bertz CT molecular complexity index is 1240. The van der Waals surface area contributed by atoms with E-state index in [4.69, 9.17) is 11.6 Å². The molecule has 2 amide bonds. The second-order valence-corrected chi connectivity index (χ2v) is 10.9. The first kappa shape index (κ1) is 29.1. The van der Waals surface area contributed by atoms with Crippen LogP contribution in [-0.4, -0.2) is 54.9 Å². The summed E-state index contributed by atoms with van der Waals surface area (Å²) in [4.78, 5) is 38.4. The van der Waals surface area contributed by atoms with Crippen molar-refractivity contribution in [3.63, 3.8) is 0 Å². The van der Waals surface area contributed by atoms with Crippen molar-refractivity contribution in [1.82, 2.24) is 10.2 Å². The molecular formula is C24H31ClN4O6S. The first-order chi connectivity index (χ1) is 16.8. The van der Waals surface area contributed by atoms with Crippen LogP contribution in [0.1, 0.15) is 38.3 Å². The Morgan fingerprint density at radius 3 is 2.36 bits per heavy atom. The van der Waals surface area contributed by atoms with E-state index in [0.29, 0.717) is 22.6 Å². The molecule has 196 valence electrons. The van der Waals surface area contributed by atoms with Crippen molar-refractivity contribution in [2.24, 2.45) is 0 Å². The van der Waals surface area contributed by atoms with Gasteiger partial charge in [-0.15, -0.1) is 0 Å². The van der Waals surface area contributed by atoms with Crippen LogP contribution >= 0.6 is 11.6 Å². The van der Waals surface area contributed by atoms with Crippen molar-refractivity contribution >= 4 is 44.8 Å². The van der Waals surface area contributed by atoms with Crippen molar-refractivity contribution in [2.45, 2.75) is 52.7 Å². The first-order valence-corrected chi connectivity index (χ1v) is 13.5. The van der Waals surface area contributed by atoms with Crippen molar-refractivity contribution in [2.75, 3.05) is 17.1 Å². The molecule has 1 N–H and O–H groups in total. The number of hydrogen-bond donors (Lipinski definition) is 1. The molecule has 10 nitrogen and oxygen atoms in total. The standard InChI is InChI=1S/C24H31ClN4O6S/c1-6-17(3)26-24(31)18(4)27(14-19-9-7-8-10-21(19)25)23(30)15-28(36(5,34)35)22-13-20(29(32)33)12-11-16(22)2/h7-13,17-18H,6,14-15H2,1-5H3,(H,26,31)/t17-,18-/m1/s1. The van der Waals surface area contributed by atoms with Gasteiger partial charge in [-0.3, -0.25) is 24.0 Å². The highest BCUT2D eigenvalue weighted by Gasteiger charge is 2.31. The lowest BCUT2D eigenvalue weighted by molar-refractivity contribution is -0.384. The zero-order chi connectivity index (χ0) is 27.2. The lowest BCUT2D eigenvalue weighted by Gasteiger charge is -2.32. The predicted molar refractivity (Wildman–Crippen MR) is 139 cm³/mol. The van der Waals surface area contributed by atoms with Gasteiger partial charge >= 0.3 is 0 Å². The summed E-state index contributed by atoms with van der Waals surface area (Å²) < 4.78 is 26.2. The third-order valence-corrected chi connectivity index (χ3v) is 7.31. The number of non-ortho nitro benzene ring substituents is 1. The maximum atomic E-state index is 13.6. The van der Waals surface area contributed by atoms with E-state index in [9.17, 15) is 28.1 Å². The van der Waals surface area contributed by atoms with Gasteiger partial charge in [-0.05, 0) is 44.4 Å². The number of benzene rings is 2. The molecular weight excluding hydrogens is 508 g/mol. The van der Waals surface area contributed by atoms with Crippen LogP contribution in [0.5, 0.6) is 0 Å². The number of nitro groups is 1. The first-order valence-electron chi connectivity index (χ1n) is 11.3. The zero-order valence-corrected chi connectivity index (χ0v) is 22.5. The van der Waals surface area contributed by atoms with Crippen LogP contribution in [0.3, 0.4) is 0 Å². The van der Waals surface area contributed by atoms with Crippen molar-refractivity contribution in [3.8, 4) is 0 Å². The molecule has 2 aromatic carbocycles. The van der Waals surface area contributed by atoms with Crippen LogP contribution < -0.4 is 9.62 Å². The number of nitrogens with zero attached hydrogens (tertiary/aromatic N) is 3. The van der Waals surface area contributed by atoms with E-state index in [1.54, 1.807) is 38.1 Å². The summed E-state index contributed by atoms with van der Waals surface area (Å²) in [5.74, 6) is -1.07. The predicted octanol–water partition coefficient (Wildman–Crippen LogP) is 3.65. The molecule has 2 atom stereocenters. The molecule has 0 aliphatic rings. The number of rotatable bonds is 11. The monoisotopic (exact) mass is 538 g/mol. The van der Waals surface area contributed by atoms with E-state index >= 15 is 0 Å². The van der Waals surface area contributed by atoms with Gasteiger partial charge in [-0.1, -0.05) is 42.8 Å². The van der Waals surface area contributed by atoms with Crippen molar-refractivity contribution in [1.29, 1.82) is 0 Å². The van der Waals surface area contributed by atoms with Crippen LogP contribution in [0.15, 0.2) is 42.5 Å². The van der Waals surface area contributed by atoms with Crippen LogP contribution in [-0.2, 0) is 26.2 Å². The Balaban J connectivity index is 2.49. The molecule has 0 saturated heterocycles. The van der Waals surface area contributed by atoms with Crippen LogP contribution in [0, 0.1) is 17.0 Å². The van der Waals surface area contributed by atoms with Crippen molar-refractivity contribution < 1.29 is 22.9 Å². The Labute approximate surface area is 216 Å². The number of carbonyl (C=O) groups excluding carboxylic acids is 2. The van der Waals surface area contributed by atoms with E-state index in [-0.39, 0.29) is 24.0 Å². The minimum absolute atomic E-state index is 0.00875. The van der Waals surface area contributed by atoms with Crippen LogP contribution in [0.2, 0.25) is 5.02 Å². The van der Waals surface area contributed by atoms with E-state index in [1.807, 2.05) is 13.8 Å². The van der Waals surface area contributed by atoms with Gasteiger partial charge in [0, 0.05) is 29.7 Å². The highest BCUT2D eigenvalue weighted by molar-refractivity contribution is 7.92. The number of halogens is 1. The number of nitro benzene ring substituents is 1. The summed E-state index contributed by atoms with van der Waals surface area (Å²) in [6.07, 6.45) is 1.60. The van der Waals surface area contributed by atoms with E-state index in [2.05, 4.69) is 5.32 Å². The van der Waals surface area contributed by atoms with E-state index in [0.717, 1.165) is 16.6 Å². The zero-order valence-electron chi connectivity index (χ0n) is 20.9. The number of sulfonamides is 1. The fourth-order valence-electron chi connectivity index (χ4n) is 3.43. The van der Waals surface area contributed by atoms with Gasteiger partial charge in [-0.25, -0.2) is 8.42 Å². The SMILES string of the molecule is CC[C@@H](C)NC(=O)[C@@H](C)N(Cc1ccccc1Cl)C(=O)CN(c1cc([N+](=O)[O-])ccc1C)S(C)(=O)=O. The second-order valence-electron chi connectivity index (χ2n) is 8.60. The number of carbonyl (C=O) groups is 2. The number of amides is 2. The third-order valence-electron chi connectivity index (χ3n) is 5.82. The lowest BCUT2D eigenvalue weighted by Crippen LogP contribution is -2.52. The molecule has 2 rings (SSSR count). The minimum Gasteiger partial charge on any atom is -0.352 e. The number of aryl methyl sites for hydroxylation is 1. The van der Waals surface area contributed by atoms with E-state index < -0.39 is 39.3 Å². The normalized spacial score (nSPS) is 12.9. The van der Waals surface area contributed by atoms with Gasteiger partial charge in [0.25, 0.3) is 5.69 Å². The quantitative estimate of drug-likeness (QED) is 0.343. The Kier molecular flexibility index (Phi) is 9.83. The Hall–Kier alpha value is -3.18. The maximum absolute atomic E-state index is 13.6. The average molecular weight is 539 g/mol. The highest BCUT2D eigenvalue weighted by atomic mass is 35.5. The molecule has 0 bridgehead atoms. The Morgan fingerprint density at radius 2 is 1.81 bits per heavy atom. The van der Waals surface area contributed by atoms with Gasteiger partial charge in [0.15, 0.2) is 0 Å². The summed E-state index contributed by atoms with van der Waals surface area (Å²) in [5, 5.41) is 14.5. The molecule has 0 heterocycles. The molecule has 0 spiro atoms. The highest BCUT2D eigenvalue weighted by Crippen LogP contribution is 2.28. The summed E-state index contributed by atoms with van der Waals surface area (Å²) >= 11 is 6.30. The largest absolute Gasteiger partial charge is 0.352 e. The fraction of sp³-hybridized carbons (Fsp3) is 0.417. The van der Waals surface area contributed by atoms with Gasteiger partial charge in [0.1, 0.15) is 12.6 Å². The Morgan fingerprint density at radius 1 is 1.17 bits per heavy atom. The van der Waals surface area contributed by atoms with Gasteiger partial charge in [0.05, 0.1) is 16.9 Å². The van der Waals surface area contributed by atoms with Gasteiger partial charge in [-0.2, -0.15) is 0 Å². The molecule has 0 saturated carbocycles. The summed E-state index contributed by atoms with van der Waals surface area (Å²) in [5.41, 5.74) is 0.701. The van der Waals surface area contributed by atoms with Gasteiger partial charge in [0.2, 0.25) is 21.8 Å². The molecule has 0 aliphatic carbocycles. The van der Waals surface area contributed by atoms with Crippen LogP contribution in [0.25, 0.3) is 0 Å². The molecule has 0 fully saturated rings. The second kappa shape index (κ2) is 12.2. The minimum atomic E-state index is -4.02. The molecule has 0 radical (unpaired) electrons. The molecule has 0 aliphatic heterocycles. The number of nitrogens with one attached hydrogen (secondary N) is 1. The van der Waals surface area contributed by atoms with Crippen molar-refractivity contribution in [3.05, 3.63) is 68.7 Å². The maximum Gasteiger partial charge on any atom is 0.271 e. The third kappa shape index (κ3) is 7.41. The summed E-state index contributed by atoms with van der Waals surface area (Å²) in [6, 6.07) is 9.54. The molecule has 12 heteroatoms. The van der Waals surface area contributed by atoms with Gasteiger partial charge < -0.3 is 10.2 Å². The molecule has 36 heavy (non-hydrogen) atoms.